The Balaban J connectivity index is 1.07. The predicted octanol–water partition coefficient (Wildman–Crippen LogP) is 14.8. The van der Waals surface area contributed by atoms with E-state index in [9.17, 15) is 0 Å². The number of benzene rings is 9. The van der Waals surface area contributed by atoms with Gasteiger partial charge in [0.15, 0.2) is 0 Å². The molecule has 0 unspecified atom stereocenters. The van der Waals surface area contributed by atoms with Gasteiger partial charge in [-0.2, -0.15) is 0 Å². The summed E-state index contributed by atoms with van der Waals surface area (Å²) in [7, 11) is 0. The van der Waals surface area contributed by atoms with Crippen molar-refractivity contribution in [3.63, 3.8) is 0 Å². The van der Waals surface area contributed by atoms with Gasteiger partial charge < -0.3 is 9.80 Å². The predicted molar refractivity (Wildman–Crippen MR) is 230 cm³/mol. The molecule has 0 heterocycles. The second-order valence-corrected chi connectivity index (χ2v) is 13.5. The van der Waals surface area contributed by atoms with Gasteiger partial charge in [-0.15, -0.1) is 0 Å². The van der Waals surface area contributed by atoms with Crippen LogP contribution in [-0.2, 0) is 0 Å². The van der Waals surface area contributed by atoms with Gasteiger partial charge in [0.2, 0.25) is 0 Å². The molecule has 0 aromatic heterocycles. The Bertz CT molecular complexity index is 2640. The lowest BCUT2D eigenvalue weighted by molar-refractivity contribution is 1.28. The molecule has 0 N–H and O–H groups in total. The first-order chi connectivity index (χ1) is 26.8. The Labute approximate surface area is 317 Å². The van der Waals surface area contributed by atoms with Crippen LogP contribution < -0.4 is 9.80 Å². The summed E-state index contributed by atoms with van der Waals surface area (Å²) in [5, 5.41) is 2.40. The summed E-state index contributed by atoms with van der Waals surface area (Å²) in [6.07, 6.45) is 0. The summed E-state index contributed by atoms with van der Waals surface area (Å²) < 4.78 is 0. The summed E-state index contributed by atoms with van der Waals surface area (Å²) >= 11 is 0. The largest absolute Gasteiger partial charge is 0.310 e. The number of nitrogens with zero attached hydrogens (tertiary/aromatic N) is 2. The molecule has 9 rings (SSSR count). The maximum absolute atomic E-state index is 2.35. The molecular formula is C52H38N2. The Kier molecular flexibility index (Phi) is 8.99. The van der Waals surface area contributed by atoms with Gasteiger partial charge >= 0.3 is 0 Å². The summed E-state index contributed by atoms with van der Waals surface area (Å²) in [5.41, 5.74) is 13.8. The lowest BCUT2D eigenvalue weighted by atomic mass is 9.99. The fraction of sp³-hybridized carbons (Fsp3) is 0. The van der Waals surface area contributed by atoms with Crippen LogP contribution >= 0.6 is 0 Å². The third kappa shape index (κ3) is 6.77. The number of para-hydroxylation sites is 2. The molecule has 2 nitrogen and oxygen atoms in total. The van der Waals surface area contributed by atoms with Crippen molar-refractivity contribution in [2.75, 3.05) is 9.80 Å². The molecule has 0 saturated carbocycles. The Morgan fingerprint density at radius 2 is 0.519 bits per heavy atom. The van der Waals surface area contributed by atoms with Crippen LogP contribution in [0.5, 0.6) is 0 Å². The molecule has 256 valence electrons. The topological polar surface area (TPSA) is 6.48 Å². The minimum Gasteiger partial charge on any atom is -0.310 e. The number of anilines is 6. The standard InChI is InChI=1S/C52H38N2/c1-5-15-39(16-6-1)43-19-13-25-50(36-43)53(47-21-9-3-10-22-47)49-32-29-41(30-33-49)45-28-27-42-31-34-52(38-46(42)35-45)54(48-23-11-4-12-24-48)51-26-14-20-44(37-51)40-17-7-2-8-18-40/h1-38H. The van der Waals surface area contributed by atoms with E-state index in [0.717, 1.165) is 34.1 Å². The van der Waals surface area contributed by atoms with Gasteiger partial charge in [-0.25, -0.2) is 0 Å². The van der Waals surface area contributed by atoms with Gasteiger partial charge in [0.05, 0.1) is 0 Å². The van der Waals surface area contributed by atoms with Crippen LogP contribution in [0.4, 0.5) is 34.1 Å². The minimum absolute atomic E-state index is 1.11. The number of hydrogen-bond donors (Lipinski definition) is 0. The highest BCUT2D eigenvalue weighted by atomic mass is 15.1. The van der Waals surface area contributed by atoms with E-state index in [2.05, 4.69) is 240 Å². The maximum atomic E-state index is 2.35. The van der Waals surface area contributed by atoms with Crippen molar-refractivity contribution in [1.82, 2.24) is 0 Å². The zero-order valence-electron chi connectivity index (χ0n) is 29.8. The number of fused-ring (bicyclic) bond motifs is 1. The van der Waals surface area contributed by atoms with E-state index >= 15 is 0 Å². The number of rotatable bonds is 9. The highest BCUT2D eigenvalue weighted by Crippen LogP contribution is 2.40. The molecule has 0 aliphatic rings. The van der Waals surface area contributed by atoms with Crippen LogP contribution in [0.15, 0.2) is 231 Å². The molecule has 0 amide bonds. The van der Waals surface area contributed by atoms with Crippen LogP contribution in [0, 0.1) is 0 Å². The van der Waals surface area contributed by atoms with E-state index in [-0.39, 0.29) is 0 Å². The molecule has 0 aliphatic heterocycles. The van der Waals surface area contributed by atoms with Gasteiger partial charge in [0, 0.05) is 34.1 Å². The highest BCUT2D eigenvalue weighted by Gasteiger charge is 2.16. The van der Waals surface area contributed by atoms with E-state index in [1.807, 2.05) is 0 Å². The lowest BCUT2D eigenvalue weighted by Gasteiger charge is -2.26. The summed E-state index contributed by atoms with van der Waals surface area (Å²) in [6.45, 7) is 0. The second-order valence-electron chi connectivity index (χ2n) is 13.5. The normalized spacial score (nSPS) is 11.0. The third-order valence-corrected chi connectivity index (χ3v) is 9.99. The highest BCUT2D eigenvalue weighted by molar-refractivity contribution is 5.93. The van der Waals surface area contributed by atoms with Crippen molar-refractivity contribution < 1.29 is 0 Å². The van der Waals surface area contributed by atoms with E-state index in [0.29, 0.717) is 0 Å². The first kappa shape index (κ1) is 32.7. The summed E-state index contributed by atoms with van der Waals surface area (Å²) in [5.74, 6) is 0. The zero-order valence-corrected chi connectivity index (χ0v) is 29.8. The Hall–Kier alpha value is -7.16. The van der Waals surface area contributed by atoms with Crippen molar-refractivity contribution in [2.24, 2.45) is 0 Å². The minimum atomic E-state index is 1.11. The lowest BCUT2D eigenvalue weighted by Crippen LogP contribution is -2.10. The van der Waals surface area contributed by atoms with Crippen molar-refractivity contribution in [3.8, 4) is 33.4 Å². The quantitative estimate of drug-likeness (QED) is 0.149. The summed E-state index contributed by atoms with van der Waals surface area (Å²) in [4.78, 5) is 4.67. The fourth-order valence-corrected chi connectivity index (χ4v) is 7.31. The first-order valence-corrected chi connectivity index (χ1v) is 18.4. The Morgan fingerprint density at radius 1 is 0.185 bits per heavy atom. The van der Waals surface area contributed by atoms with Gasteiger partial charge in [-0.3, -0.25) is 0 Å². The van der Waals surface area contributed by atoms with Crippen LogP contribution in [-0.4, -0.2) is 0 Å². The SMILES string of the molecule is c1ccc(-c2cccc(N(c3ccccc3)c3ccc(-c4ccc5ccc(N(c6ccccc6)c6cccc(-c7ccccc7)c6)cc5c4)cc3)c2)cc1. The number of hydrogen-bond acceptors (Lipinski definition) is 2. The van der Waals surface area contributed by atoms with Crippen molar-refractivity contribution >= 4 is 44.9 Å². The van der Waals surface area contributed by atoms with Crippen LogP contribution in [0.25, 0.3) is 44.2 Å². The van der Waals surface area contributed by atoms with Crippen molar-refractivity contribution in [2.45, 2.75) is 0 Å². The maximum Gasteiger partial charge on any atom is 0.0468 e. The molecule has 2 heteroatoms. The molecule has 0 aliphatic carbocycles. The van der Waals surface area contributed by atoms with E-state index in [4.69, 9.17) is 0 Å². The third-order valence-electron chi connectivity index (χ3n) is 9.99. The first-order valence-electron chi connectivity index (χ1n) is 18.4. The molecule has 0 saturated heterocycles. The zero-order chi connectivity index (χ0) is 36.1. The molecule has 0 bridgehead atoms. The Morgan fingerprint density at radius 3 is 1.06 bits per heavy atom. The average Bonchev–Trinajstić information content (AvgIpc) is 3.25. The fourth-order valence-electron chi connectivity index (χ4n) is 7.31. The van der Waals surface area contributed by atoms with Gasteiger partial charge in [-0.05, 0) is 123 Å². The molecule has 0 atom stereocenters. The van der Waals surface area contributed by atoms with E-state index < -0.39 is 0 Å². The van der Waals surface area contributed by atoms with Crippen LogP contribution in [0.1, 0.15) is 0 Å². The molecular weight excluding hydrogens is 653 g/mol. The average molecular weight is 691 g/mol. The molecule has 0 fully saturated rings. The second kappa shape index (κ2) is 14.8. The van der Waals surface area contributed by atoms with Crippen LogP contribution in [0.2, 0.25) is 0 Å². The van der Waals surface area contributed by atoms with Crippen molar-refractivity contribution in [1.29, 1.82) is 0 Å². The van der Waals surface area contributed by atoms with Gasteiger partial charge in [-0.1, -0.05) is 152 Å². The van der Waals surface area contributed by atoms with Crippen LogP contribution in [0.3, 0.4) is 0 Å². The monoisotopic (exact) mass is 690 g/mol. The van der Waals surface area contributed by atoms with Gasteiger partial charge in [0.25, 0.3) is 0 Å². The summed E-state index contributed by atoms with van der Waals surface area (Å²) in [6, 6.07) is 82.4. The van der Waals surface area contributed by atoms with E-state index in [1.54, 1.807) is 0 Å². The molecule has 0 spiro atoms. The molecule has 9 aromatic rings. The molecule has 0 radical (unpaired) electrons. The van der Waals surface area contributed by atoms with E-state index in [1.165, 1.54) is 44.2 Å². The molecule has 9 aromatic carbocycles. The smallest absolute Gasteiger partial charge is 0.0468 e. The van der Waals surface area contributed by atoms with Crippen molar-refractivity contribution in [3.05, 3.63) is 231 Å². The molecule has 54 heavy (non-hydrogen) atoms. The van der Waals surface area contributed by atoms with Gasteiger partial charge in [0.1, 0.15) is 0 Å².